The Morgan fingerprint density at radius 3 is 2.92 bits per heavy atom. The molecular weight excluding hydrogens is 302 g/mol. The Labute approximate surface area is 140 Å². The van der Waals surface area contributed by atoms with Crippen LogP contribution in [0.2, 0.25) is 0 Å². The Morgan fingerprint density at radius 2 is 2.04 bits per heavy atom. The first-order valence-electron chi connectivity index (χ1n) is 8.23. The van der Waals surface area contributed by atoms with Crippen molar-refractivity contribution >= 4 is 22.9 Å². The molecule has 122 valence electrons. The van der Waals surface area contributed by atoms with Crippen molar-refractivity contribution in [3.05, 3.63) is 54.1 Å². The molecule has 1 unspecified atom stereocenters. The molecule has 3 aromatic rings. The number of fused-ring (bicyclic) bond motifs is 2. The second-order valence-corrected chi connectivity index (χ2v) is 5.98. The quantitative estimate of drug-likeness (QED) is 0.805. The fourth-order valence-electron chi connectivity index (χ4n) is 3.20. The van der Waals surface area contributed by atoms with Crippen LogP contribution >= 0.6 is 0 Å². The Balaban J connectivity index is 1.57. The third-order valence-corrected chi connectivity index (χ3v) is 4.46. The summed E-state index contributed by atoms with van der Waals surface area (Å²) in [5.41, 5.74) is 2.99. The van der Waals surface area contributed by atoms with Crippen molar-refractivity contribution in [3.63, 3.8) is 0 Å². The zero-order chi connectivity index (χ0) is 16.5. The van der Waals surface area contributed by atoms with Gasteiger partial charge in [0, 0.05) is 6.54 Å². The number of amides is 1. The lowest BCUT2D eigenvalue weighted by Crippen LogP contribution is -2.33. The van der Waals surface area contributed by atoms with E-state index in [9.17, 15) is 4.79 Å². The topological polar surface area (TPSA) is 56.2 Å². The zero-order valence-corrected chi connectivity index (χ0v) is 13.5. The highest BCUT2D eigenvalue weighted by atomic mass is 16.5. The van der Waals surface area contributed by atoms with E-state index in [1.54, 1.807) is 0 Å². The van der Waals surface area contributed by atoms with Crippen LogP contribution in [-0.2, 0) is 17.8 Å². The van der Waals surface area contributed by atoms with E-state index in [1.807, 2.05) is 60.0 Å². The molecule has 2 aromatic carbocycles. The van der Waals surface area contributed by atoms with Crippen LogP contribution in [0.25, 0.3) is 11.0 Å². The Bertz CT molecular complexity index is 901. The predicted octanol–water partition coefficient (Wildman–Crippen LogP) is 3.25. The average molecular weight is 321 g/mol. The molecule has 0 aliphatic carbocycles. The number of para-hydroxylation sites is 3. The summed E-state index contributed by atoms with van der Waals surface area (Å²) in [6, 6.07) is 15.8. The standard InChI is InChI=1S/C19H19N3O2/c1-2-22-16-9-5-4-8-15(16)20-19(22)21-18(23)14-11-13-7-3-6-10-17(13)24-12-14/h3-10,14H,2,11-12H2,1H3,(H,20,21,23). The molecule has 0 bridgehead atoms. The van der Waals surface area contributed by atoms with E-state index >= 15 is 0 Å². The molecule has 1 aliphatic rings. The molecule has 1 atom stereocenters. The van der Waals surface area contributed by atoms with Gasteiger partial charge in [-0.2, -0.15) is 0 Å². The van der Waals surface area contributed by atoms with E-state index < -0.39 is 0 Å². The molecule has 0 fully saturated rings. The maximum absolute atomic E-state index is 12.7. The van der Waals surface area contributed by atoms with Gasteiger partial charge in [0.15, 0.2) is 0 Å². The molecule has 5 heteroatoms. The number of imidazole rings is 1. The minimum Gasteiger partial charge on any atom is -0.492 e. The highest BCUT2D eigenvalue weighted by Gasteiger charge is 2.27. The van der Waals surface area contributed by atoms with E-state index in [-0.39, 0.29) is 11.8 Å². The Morgan fingerprint density at radius 1 is 1.25 bits per heavy atom. The number of nitrogens with one attached hydrogen (secondary N) is 1. The van der Waals surface area contributed by atoms with Gasteiger partial charge < -0.3 is 9.30 Å². The Hall–Kier alpha value is -2.82. The number of carbonyl (C=O) groups excluding carboxylic acids is 1. The number of nitrogens with zero attached hydrogens (tertiary/aromatic N) is 2. The fraction of sp³-hybridized carbons (Fsp3) is 0.263. The van der Waals surface area contributed by atoms with Gasteiger partial charge in [0.25, 0.3) is 0 Å². The monoisotopic (exact) mass is 321 g/mol. The van der Waals surface area contributed by atoms with Gasteiger partial charge in [0.05, 0.1) is 17.0 Å². The molecule has 0 radical (unpaired) electrons. The highest BCUT2D eigenvalue weighted by molar-refractivity contribution is 5.93. The van der Waals surface area contributed by atoms with Gasteiger partial charge in [-0.3, -0.25) is 10.1 Å². The third-order valence-electron chi connectivity index (χ3n) is 4.46. The molecule has 1 N–H and O–H groups in total. The first-order chi connectivity index (χ1) is 11.8. The van der Waals surface area contributed by atoms with Crippen LogP contribution in [0, 0.1) is 5.92 Å². The minimum absolute atomic E-state index is 0.0468. The molecule has 0 saturated heterocycles. The number of benzene rings is 2. The average Bonchev–Trinajstić information content (AvgIpc) is 2.98. The van der Waals surface area contributed by atoms with Crippen molar-refractivity contribution in [1.29, 1.82) is 0 Å². The lowest BCUT2D eigenvalue weighted by Gasteiger charge is -2.24. The van der Waals surface area contributed by atoms with E-state index in [2.05, 4.69) is 10.3 Å². The molecule has 2 heterocycles. The van der Waals surface area contributed by atoms with Crippen LogP contribution < -0.4 is 10.1 Å². The van der Waals surface area contributed by atoms with Crippen molar-refractivity contribution in [2.45, 2.75) is 19.9 Å². The van der Waals surface area contributed by atoms with Gasteiger partial charge in [-0.1, -0.05) is 30.3 Å². The summed E-state index contributed by atoms with van der Waals surface area (Å²) in [6.07, 6.45) is 0.689. The van der Waals surface area contributed by atoms with Crippen LogP contribution in [0.4, 0.5) is 5.95 Å². The van der Waals surface area contributed by atoms with Crippen LogP contribution in [-0.4, -0.2) is 22.1 Å². The zero-order valence-electron chi connectivity index (χ0n) is 13.5. The molecule has 1 aromatic heterocycles. The molecule has 0 saturated carbocycles. The summed E-state index contributed by atoms with van der Waals surface area (Å²) in [5, 5.41) is 2.98. The van der Waals surface area contributed by atoms with E-state index in [4.69, 9.17) is 4.74 Å². The molecule has 1 amide bonds. The maximum atomic E-state index is 12.7. The summed E-state index contributed by atoms with van der Waals surface area (Å²) in [4.78, 5) is 17.2. The lowest BCUT2D eigenvalue weighted by atomic mass is 9.96. The number of aromatic nitrogens is 2. The number of anilines is 1. The van der Waals surface area contributed by atoms with Crippen LogP contribution in [0.5, 0.6) is 5.75 Å². The maximum Gasteiger partial charge on any atom is 0.233 e. The first kappa shape index (κ1) is 14.8. The van der Waals surface area contributed by atoms with Gasteiger partial charge >= 0.3 is 0 Å². The second kappa shape index (κ2) is 6.00. The summed E-state index contributed by atoms with van der Waals surface area (Å²) < 4.78 is 7.74. The van der Waals surface area contributed by atoms with E-state index in [0.29, 0.717) is 19.0 Å². The van der Waals surface area contributed by atoms with Crippen molar-refractivity contribution in [3.8, 4) is 5.75 Å². The number of rotatable bonds is 3. The normalized spacial score (nSPS) is 16.5. The molecule has 1 aliphatic heterocycles. The minimum atomic E-state index is -0.204. The molecule has 24 heavy (non-hydrogen) atoms. The SMILES string of the molecule is CCn1c(NC(=O)C2COc3ccccc3C2)nc2ccccc21. The lowest BCUT2D eigenvalue weighted by molar-refractivity contribution is -0.121. The van der Waals surface area contributed by atoms with Gasteiger partial charge in [0.2, 0.25) is 11.9 Å². The van der Waals surface area contributed by atoms with E-state index in [0.717, 1.165) is 28.9 Å². The number of hydrogen-bond acceptors (Lipinski definition) is 3. The van der Waals surface area contributed by atoms with Crippen molar-refractivity contribution in [2.24, 2.45) is 5.92 Å². The summed E-state index contributed by atoms with van der Waals surface area (Å²) in [5.74, 6) is 1.23. The smallest absolute Gasteiger partial charge is 0.233 e. The second-order valence-electron chi connectivity index (χ2n) is 5.98. The fourth-order valence-corrected chi connectivity index (χ4v) is 3.20. The van der Waals surface area contributed by atoms with Gasteiger partial charge in [0.1, 0.15) is 12.4 Å². The number of ether oxygens (including phenoxy) is 1. The summed E-state index contributed by atoms with van der Waals surface area (Å²) in [6.45, 7) is 3.19. The highest BCUT2D eigenvalue weighted by Crippen LogP contribution is 2.28. The number of hydrogen-bond donors (Lipinski definition) is 1. The summed E-state index contributed by atoms with van der Waals surface area (Å²) in [7, 11) is 0. The van der Waals surface area contributed by atoms with Crippen LogP contribution in [0.1, 0.15) is 12.5 Å². The number of aryl methyl sites for hydroxylation is 1. The van der Waals surface area contributed by atoms with Crippen molar-refractivity contribution in [2.75, 3.05) is 11.9 Å². The van der Waals surface area contributed by atoms with Crippen molar-refractivity contribution < 1.29 is 9.53 Å². The molecule has 4 rings (SSSR count). The largest absolute Gasteiger partial charge is 0.492 e. The Kier molecular flexibility index (Phi) is 3.69. The van der Waals surface area contributed by atoms with Crippen molar-refractivity contribution in [1.82, 2.24) is 9.55 Å². The summed E-state index contributed by atoms with van der Waals surface area (Å²) >= 11 is 0. The molecule has 0 spiro atoms. The predicted molar refractivity (Wildman–Crippen MR) is 93.2 cm³/mol. The molecule has 5 nitrogen and oxygen atoms in total. The van der Waals surface area contributed by atoms with Crippen LogP contribution in [0.15, 0.2) is 48.5 Å². The van der Waals surface area contributed by atoms with Gasteiger partial charge in [-0.25, -0.2) is 4.98 Å². The van der Waals surface area contributed by atoms with Gasteiger partial charge in [-0.15, -0.1) is 0 Å². The molecular formula is C19H19N3O2. The van der Waals surface area contributed by atoms with Gasteiger partial charge in [-0.05, 0) is 37.1 Å². The number of carbonyl (C=O) groups is 1. The van der Waals surface area contributed by atoms with Crippen LogP contribution in [0.3, 0.4) is 0 Å². The first-order valence-corrected chi connectivity index (χ1v) is 8.23. The third kappa shape index (κ3) is 2.52. The van der Waals surface area contributed by atoms with E-state index in [1.165, 1.54) is 0 Å².